The molecule has 3 heterocycles. The minimum Gasteiger partial charge on any atom is -0.333 e. The quantitative estimate of drug-likeness (QED) is 0.502. The number of alkyl halides is 3. The average molecular weight is 416 g/mol. The fourth-order valence-electron chi connectivity index (χ4n) is 2.95. The van der Waals surface area contributed by atoms with E-state index in [9.17, 15) is 18.0 Å². The summed E-state index contributed by atoms with van der Waals surface area (Å²) < 4.78 is 40.6. The van der Waals surface area contributed by atoms with Crippen molar-refractivity contribution in [1.29, 1.82) is 0 Å². The standard InChI is InChI=1S/C20H15F3N4OS/c1-12-15-6-7-16(20(21,22)23)26-19(15)29-17(12)18(28)25-14-4-2-13(3-5-14)10-27-9-8-24-11-27/h2-9,11H,10H2,1H3,(H,25,28). The van der Waals surface area contributed by atoms with Crippen LogP contribution in [0.5, 0.6) is 0 Å². The molecule has 0 saturated carbocycles. The van der Waals surface area contributed by atoms with Gasteiger partial charge in [-0.25, -0.2) is 9.97 Å². The number of aromatic nitrogens is 3. The lowest BCUT2D eigenvalue weighted by molar-refractivity contribution is -0.140. The van der Waals surface area contributed by atoms with Crippen LogP contribution in [0.4, 0.5) is 18.9 Å². The maximum atomic E-state index is 12.9. The van der Waals surface area contributed by atoms with Crippen LogP contribution in [0.2, 0.25) is 0 Å². The monoisotopic (exact) mass is 416 g/mol. The number of hydrogen-bond donors (Lipinski definition) is 1. The molecule has 29 heavy (non-hydrogen) atoms. The predicted octanol–water partition coefficient (Wildman–Crippen LogP) is 5.12. The first kappa shape index (κ1) is 19.1. The van der Waals surface area contributed by atoms with Crippen LogP contribution in [0.15, 0.2) is 55.1 Å². The number of imidazole rings is 1. The summed E-state index contributed by atoms with van der Waals surface area (Å²) in [7, 11) is 0. The second-order valence-electron chi connectivity index (χ2n) is 6.49. The molecular formula is C20H15F3N4OS. The summed E-state index contributed by atoms with van der Waals surface area (Å²) in [5.74, 6) is -0.374. The van der Waals surface area contributed by atoms with Crippen LogP contribution in [0.1, 0.15) is 26.5 Å². The average Bonchev–Trinajstić information content (AvgIpc) is 3.30. The number of thiophene rings is 1. The highest BCUT2D eigenvalue weighted by Crippen LogP contribution is 2.34. The van der Waals surface area contributed by atoms with Gasteiger partial charge in [0.05, 0.1) is 11.2 Å². The summed E-state index contributed by atoms with van der Waals surface area (Å²) in [6, 6.07) is 9.65. The Morgan fingerprint density at radius 3 is 2.59 bits per heavy atom. The van der Waals surface area contributed by atoms with E-state index in [1.165, 1.54) is 6.07 Å². The molecule has 0 bridgehead atoms. The Morgan fingerprint density at radius 1 is 1.17 bits per heavy atom. The van der Waals surface area contributed by atoms with E-state index < -0.39 is 11.9 Å². The number of amides is 1. The maximum absolute atomic E-state index is 12.9. The number of pyridine rings is 1. The molecule has 1 amide bonds. The molecule has 148 valence electrons. The SMILES string of the molecule is Cc1c(C(=O)Nc2ccc(Cn3ccnc3)cc2)sc2nc(C(F)(F)F)ccc12. The second-order valence-corrected chi connectivity index (χ2v) is 7.49. The number of nitrogens with one attached hydrogen (secondary N) is 1. The first-order valence-corrected chi connectivity index (χ1v) is 9.46. The Bertz CT molecular complexity index is 1170. The molecule has 1 N–H and O–H groups in total. The lowest BCUT2D eigenvalue weighted by Gasteiger charge is -2.07. The van der Waals surface area contributed by atoms with Crippen LogP contribution in [-0.2, 0) is 12.7 Å². The summed E-state index contributed by atoms with van der Waals surface area (Å²) in [5, 5.41) is 3.34. The highest BCUT2D eigenvalue weighted by atomic mass is 32.1. The van der Waals surface area contributed by atoms with Gasteiger partial charge < -0.3 is 9.88 Å². The minimum absolute atomic E-state index is 0.193. The molecule has 4 rings (SSSR count). The third-order valence-electron chi connectivity index (χ3n) is 4.44. The van der Waals surface area contributed by atoms with Gasteiger partial charge in [0, 0.05) is 30.0 Å². The van der Waals surface area contributed by atoms with Crippen LogP contribution >= 0.6 is 11.3 Å². The number of hydrogen-bond acceptors (Lipinski definition) is 4. The van der Waals surface area contributed by atoms with E-state index in [1.807, 2.05) is 22.9 Å². The number of halogens is 3. The molecule has 0 spiro atoms. The van der Waals surface area contributed by atoms with Crippen LogP contribution < -0.4 is 5.32 Å². The zero-order valence-electron chi connectivity index (χ0n) is 15.2. The van der Waals surface area contributed by atoms with E-state index in [2.05, 4.69) is 15.3 Å². The molecule has 0 radical (unpaired) electrons. The van der Waals surface area contributed by atoms with Gasteiger partial charge in [-0.1, -0.05) is 12.1 Å². The minimum atomic E-state index is -4.52. The molecule has 0 aliphatic rings. The van der Waals surface area contributed by atoms with Gasteiger partial charge in [0.25, 0.3) is 5.91 Å². The lowest BCUT2D eigenvalue weighted by atomic mass is 10.1. The van der Waals surface area contributed by atoms with Gasteiger partial charge >= 0.3 is 6.18 Å². The van der Waals surface area contributed by atoms with Crippen molar-refractivity contribution in [1.82, 2.24) is 14.5 Å². The molecule has 0 unspecified atom stereocenters. The van der Waals surface area contributed by atoms with Crippen molar-refractivity contribution in [3.05, 3.63) is 76.8 Å². The van der Waals surface area contributed by atoms with Gasteiger partial charge in [-0.3, -0.25) is 4.79 Å². The van der Waals surface area contributed by atoms with E-state index in [4.69, 9.17) is 0 Å². The van der Waals surface area contributed by atoms with Crippen molar-refractivity contribution in [3.8, 4) is 0 Å². The molecule has 0 fully saturated rings. The Hall–Kier alpha value is -3.20. The number of nitrogens with zero attached hydrogens (tertiary/aromatic N) is 3. The van der Waals surface area contributed by atoms with E-state index >= 15 is 0 Å². The van der Waals surface area contributed by atoms with Crippen molar-refractivity contribution in [2.45, 2.75) is 19.6 Å². The van der Waals surface area contributed by atoms with E-state index in [0.717, 1.165) is 23.0 Å². The van der Waals surface area contributed by atoms with Gasteiger partial charge in [0.1, 0.15) is 10.5 Å². The lowest BCUT2D eigenvalue weighted by Crippen LogP contribution is -2.11. The van der Waals surface area contributed by atoms with E-state index in [1.54, 1.807) is 31.6 Å². The number of benzene rings is 1. The van der Waals surface area contributed by atoms with Crippen molar-refractivity contribution in [3.63, 3.8) is 0 Å². The van der Waals surface area contributed by atoms with E-state index in [-0.39, 0.29) is 10.7 Å². The smallest absolute Gasteiger partial charge is 0.333 e. The summed E-state index contributed by atoms with van der Waals surface area (Å²) in [4.78, 5) is 20.9. The number of anilines is 1. The number of carbonyl (C=O) groups is 1. The fourth-order valence-corrected chi connectivity index (χ4v) is 4.02. The normalized spacial score (nSPS) is 11.7. The zero-order valence-corrected chi connectivity index (χ0v) is 16.0. The van der Waals surface area contributed by atoms with Gasteiger partial charge in [-0.15, -0.1) is 11.3 Å². The summed E-state index contributed by atoms with van der Waals surface area (Å²) >= 11 is 0.954. The van der Waals surface area contributed by atoms with Gasteiger partial charge in [0.15, 0.2) is 0 Å². The van der Waals surface area contributed by atoms with Crippen molar-refractivity contribution in [2.75, 3.05) is 5.32 Å². The second kappa shape index (κ2) is 7.32. The Morgan fingerprint density at radius 2 is 1.93 bits per heavy atom. The van der Waals surface area contributed by atoms with Crippen LogP contribution in [0.3, 0.4) is 0 Å². The van der Waals surface area contributed by atoms with Crippen LogP contribution in [0.25, 0.3) is 10.2 Å². The topological polar surface area (TPSA) is 59.8 Å². The van der Waals surface area contributed by atoms with Crippen LogP contribution in [0, 0.1) is 6.92 Å². The summed E-state index contributed by atoms with van der Waals surface area (Å²) in [6.45, 7) is 2.37. The summed E-state index contributed by atoms with van der Waals surface area (Å²) in [5.41, 5.74) is 1.29. The van der Waals surface area contributed by atoms with Gasteiger partial charge in [0.2, 0.25) is 0 Å². The molecule has 0 aliphatic heterocycles. The Kier molecular flexibility index (Phi) is 4.83. The molecule has 0 saturated heterocycles. The highest BCUT2D eigenvalue weighted by molar-refractivity contribution is 7.20. The Balaban J connectivity index is 1.53. The number of rotatable bonds is 4. The predicted molar refractivity (Wildman–Crippen MR) is 105 cm³/mol. The molecule has 4 aromatic rings. The van der Waals surface area contributed by atoms with Crippen molar-refractivity contribution in [2.24, 2.45) is 0 Å². The summed E-state index contributed by atoms with van der Waals surface area (Å²) in [6.07, 6.45) is 0.762. The van der Waals surface area contributed by atoms with E-state index in [0.29, 0.717) is 28.1 Å². The van der Waals surface area contributed by atoms with Gasteiger partial charge in [-0.2, -0.15) is 13.2 Å². The largest absolute Gasteiger partial charge is 0.433 e. The first-order chi connectivity index (χ1) is 13.8. The molecule has 5 nitrogen and oxygen atoms in total. The molecule has 0 atom stereocenters. The van der Waals surface area contributed by atoms with Crippen molar-refractivity contribution < 1.29 is 18.0 Å². The number of carbonyl (C=O) groups excluding carboxylic acids is 1. The van der Waals surface area contributed by atoms with Crippen molar-refractivity contribution >= 4 is 33.1 Å². The molecule has 1 aromatic carbocycles. The highest BCUT2D eigenvalue weighted by Gasteiger charge is 2.33. The van der Waals surface area contributed by atoms with Crippen LogP contribution in [-0.4, -0.2) is 20.4 Å². The third kappa shape index (κ3) is 4.00. The fraction of sp³-hybridized carbons (Fsp3) is 0.150. The third-order valence-corrected chi connectivity index (χ3v) is 5.64. The van der Waals surface area contributed by atoms with Gasteiger partial charge in [-0.05, 0) is 42.3 Å². The zero-order chi connectivity index (χ0) is 20.6. The number of fused-ring (bicyclic) bond motifs is 1. The molecule has 0 aliphatic carbocycles. The number of aryl methyl sites for hydroxylation is 1. The molecular weight excluding hydrogens is 401 g/mol. The Labute approximate surface area is 167 Å². The first-order valence-electron chi connectivity index (χ1n) is 8.64. The molecule has 9 heteroatoms. The maximum Gasteiger partial charge on any atom is 0.433 e. The molecule has 3 aromatic heterocycles.